The summed E-state index contributed by atoms with van der Waals surface area (Å²) in [6, 6.07) is 6.43. The van der Waals surface area contributed by atoms with Crippen LogP contribution in [0.3, 0.4) is 0 Å². The van der Waals surface area contributed by atoms with E-state index in [-0.39, 0.29) is 0 Å². The van der Waals surface area contributed by atoms with E-state index in [0.717, 1.165) is 6.26 Å². The maximum absolute atomic E-state index is 11.5. The standard InChI is InChI=1S/C10H14BrNO3S/c1-10(11,16(2,14)15)9(13)7-3-5-8(12)6-4-7/h3-6,9,13H,12H2,1-2H3/t9-,10-/m0/s1. The third kappa shape index (κ3) is 2.56. The van der Waals surface area contributed by atoms with Gasteiger partial charge in [0.05, 0.1) is 0 Å². The second kappa shape index (κ2) is 4.35. The van der Waals surface area contributed by atoms with E-state index < -0.39 is 19.6 Å². The Morgan fingerprint density at radius 3 is 2.19 bits per heavy atom. The summed E-state index contributed by atoms with van der Waals surface area (Å²) in [5, 5.41) is 10.0. The topological polar surface area (TPSA) is 80.4 Å². The van der Waals surface area contributed by atoms with E-state index >= 15 is 0 Å². The zero-order valence-electron chi connectivity index (χ0n) is 9.01. The molecule has 1 aromatic rings. The molecular weight excluding hydrogens is 294 g/mol. The molecular formula is C10H14BrNO3S. The summed E-state index contributed by atoms with van der Waals surface area (Å²) in [5.41, 5.74) is 6.57. The van der Waals surface area contributed by atoms with Gasteiger partial charge in [-0.3, -0.25) is 0 Å². The van der Waals surface area contributed by atoms with Gasteiger partial charge >= 0.3 is 0 Å². The summed E-state index contributed by atoms with van der Waals surface area (Å²) >= 11 is 3.05. The molecule has 0 bridgehead atoms. The molecule has 0 saturated carbocycles. The smallest absolute Gasteiger partial charge is 0.165 e. The van der Waals surface area contributed by atoms with Gasteiger partial charge in [-0.1, -0.05) is 28.1 Å². The number of nitrogen functional groups attached to an aromatic ring is 1. The van der Waals surface area contributed by atoms with Crippen molar-refractivity contribution in [3.05, 3.63) is 29.8 Å². The molecule has 0 radical (unpaired) electrons. The van der Waals surface area contributed by atoms with Crippen molar-refractivity contribution in [1.82, 2.24) is 0 Å². The predicted molar refractivity (Wildman–Crippen MR) is 68.0 cm³/mol. The van der Waals surface area contributed by atoms with E-state index in [1.165, 1.54) is 6.92 Å². The molecule has 6 heteroatoms. The van der Waals surface area contributed by atoms with Crippen LogP contribution in [0.15, 0.2) is 24.3 Å². The third-order valence-electron chi connectivity index (χ3n) is 2.47. The van der Waals surface area contributed by atoms with Crippen LogP contribution in [0.1, 0.15) is 18.6 Å². The van der Waals surface area contributed by atoms with Gasteiger partial charge in [-0.25, -0.2) is 8.42 Å². The van der Waals surface area contributed by atoms with Crippen molar-refractivity contribution >= 4 is 31.5 Å². The van der Waals surface area contributed by atoms with Crippen LogP contribution in [0.4, 0.5) is 5.69 Å². The molecule has 0 aliphatic carbocycles. The highest BCUT2D eigenvalue weighted by molar-refractivity contribution is 9.11. The maximum atomic E-state index is 11.5. The van der Waals surface area contributed by atoms with Crippen molar-refractivity contribution in [2.45, 2.75) is 16.7 Å². The summed E-state index contributed by atoms with van der Waals surface area (Å²) in [5.74, 6) is 0. The fourth-order valence-electron chi connectivity index (χ4n) is 1.18. The van der Waals surface area contributed by atoms with Crippen LogP contribution in [0.2, 0.25) is 0 Å². The summed E-state index contributed by atoms with van der Waals surface area (Å²) < 4.78 is 21.6. The molecule has 16 heavy (non-hydrogen) atoms. The molecule has 3 N–H and O–H groups in total. The van der Waals surface area contributed by atoms with Gasteiger partial charge in [0.25, 0.3) is 0 Å². The van der Waals surface area contributed by atoms with Gasteiger partial charge in [0.2, 0.25) is 0 Å². The third-order valence-corrected chi connectivity index (χ3v) is 6.34. The van der Waals surface area contributed by atoms with Gasteiger partial charge in [0.15, 0.2) is 13.5 Å². The molecule has 0 fully saturated rings. The number of aliphatic hydroxyl groups is 1. The average molecular weight is 308 g/mol. The fraction of sp³-hybridized carbons (Fsp3) is 0.400. The average Bonchev–Trinajstić information content (AvgIpc) is 2.16. The molecule has 0 amide bonds. The van der Waals surface area contributed by atoms with Crippen LogP contribution in [0, 0.1) is 0 Å². The SMILES string of the molecule is C[C@@](Br)([C@@H](O)c1ccc(N)cc1)S(C)(=O)=O. The lowest BCUT2D eigenvalue weighted by Crippen LogP contribution is -2.34. The Labute approximate surface area is 104 Å². The van der Waals surface area contributed by atoms with Gasteiger partial charge in [-0.05, 0) is 24.6 Å². The van der Waals surface area contributed by atoms with E-state index in [2.05, 4.69) is 15.9 Å². The first kappa shape index (κ1) is 13.5. The Balaban J connectivity index is 3.12. The fourth-order valence-corrected chi connectivity index (χ4v) is 1.98. The van der Waals surface area contributed by atoms with Crippen molar-refractivity contribution in [2.75, 3.05) is 12.0 Å². The second-order valence-electron chi connectivity index (χ2n) is 3.83. The number of aliphatic hydroxyl groups excluding tert-OH is 1. The largest absolute Gasteiger partial charge is 0.399 e. The molecule has 0 heterocycles. The summed E-state index contributed by atoms with van der Waals surface area (Å²) in [4.78, 5) is 0. The molecule has 0 spiro atoms. The number of hydrogen-bond donors (Lipinski definition) is 2. The van der Waals surface area contributed by atoms with Gasteiger partial charge < -0.3 is 10.8 Å². The van der Waals surface area contributed by atoms with Crippen LogP contribution in [-0.2, 0) is 9.84 Å². The molecule has 0 aromatic heterocycles. The Morgan fingerprint density at radius 2 is 1.81 bits per heavy atom. The number of anilines is 1. The zero-order valence-corrected chi connectivity index (χ0v) is 11.4. The molecule has 90 valence electrons. The van der Waals surface area contributed by atoms with Crippen LogP contribution in [0.5, 0.6) is 0 Å². The molecule has 0 unspecified atom stereocenters. The minimum atomic E-state index is -3.42. The van der Waals surface area contributed by atoms with Crippen LogP contribution < -0.4 is 5.73 Å². The highest BCUT2D eigenvalue weighted by Crippen LogP contribution is 2.37. The first-order chi connectivity index (χ1) is 7.16. The summed E-state index contributed by atoms with van der Waals surface area (Å²) in [6.07, 6.45) is -0.0782. The van der Waals surface area contributed by atoms with Crippen molar-refractivity contribution < 1.29 is 13.5 Å². The molecule has 2 atom stereocenters. The maximum Gasteiger partial charge on any atom is 0.165 e. The zero-order chi connectivity index (χ0) is 12.6. The van der Waals surface area contributed by atoms with Crippen molar-refractivity contribution in [3.8, 4) is 0 Å². The Kier molecular flexibility index (Phi) is 3.66. The highest BCUT2D eigenvalue weighted by Gasteiger charge is 2.41. The Hall–Kier alpha value is -0.590. The lowest BCUT2D eigenvalue weighted by Gasteiger charge is -2.26. The predicted octanol–water partition coefficient (Wildman–Crippen LogP) is 1.46. The lowest BCUT2D eigenvalue weighted by molar-refractivity contribution is 0.168. The number of rotatable bonds is 3. The Bertz CT molecular complexity index is 467. The van der Waals surface area contributed by atoms with E-state index in [4.69, 9.17) is 5.73 Å². The van der Waals surface area contributed by atoms with Crippen molar-refractivity contribution in [3.63, 3.8) is 0 Å². The van der Waals surface area contributed by atoms with Crippen LogP contribution in [-0.4, -0.2) is 23.4 Å². The number of halogens is 1. The van der Waals surface area contributed by atoms with E-state index in [9.17, 15) is 13.5 Å². The second-order valence-corrected chi connectivity index (χ2v) is 8.39. The first-order valence-corrected chi connectivity index (χ1v) is 7.26. The molecule has 0 aliphatic heterocycles. The van der Waals surface area contributed by atoms with Gasteiger partial charge in [-0.15, -0.1) is 0 Å². The molecule has 1 rings (SSSR count). The molecule has 1 aromatic carbocycles. The molecule has 4 nitrogen and oxygen atoms in total. The van der Waals surface area contributed by atoms with Crippen LogP contribution in [0.25, 0.3) is 0 Å². The van der Waals surface area contributed by atoms with E-state index in [1.54, 1.807) is 24.3 Å². The van der Waals surface area contributed by atoms with E-state index in [1.807, 2.05) is 0 Å². The quantitative estimate of drug-likeness (QED) is 0.654. The van der Waals surface area contributed by atoms with Gasteiger partial charge in [-0.2, -0.15) is 0 Å². The number of hydrogen-bond acceptors (Lipinski definition) is 4. The van der Waals surface area contributed by atoms with Gasteiger partial charge in [0.1, 0.15) is 6.10 Å². The highest BCUT2D eigenvalue weighted by atomic mass is 79.9. The van der Waals surface area contributed by atoms with E-state index in [0.29, 0.717) is 11.3 Å². The number of alkyl halides is 1. The Morgan fingerprint density at radius 1 is 1.38 bits per heavy atom. The normalized spacial score (nSPS) is 17.8. The lowest BCUT2D eigenvalue weighted by atomic mass is 10.1. The molecule has 0 aliphatic rings. The number of sulfone groups is 1. The summed E-state index contributed by atoms with van der Waals surface area (Å²) in [6.45, 7) is 1.42. The number of benzene rings is 1. The number of nitrogens with two attached hydrogens (primary N) is 1. The van der Waals surface area contributed by atoms with Crippen LogP contribution >= 0.6 is 15.9 Å². The van der Waals surface area contributed by atoms with Crippen molar-refractivity contribution in [2.24, 2.45) is 0 Å². The van der Waals surface area contributed by atoms with Gasteiger partial charge in [0, 0.05) is 11.9 Å². The van der Waals surface area contributed by atoms with Crippen molar-refractivity contribution in [1.29, 1.82) is 0 Å². The monoisotopic (exact) mass is 307 g/mol. The molecule has 0 saturated heterocycles. The summed E-state index contributed by atoms with van der Waals surface area (Å²) in [7, 11) is -3.42. The first-order valence-electron chi connectivity index (χ1n) is 4.58. The minimum absolute atomic E-state index is 0.499. The minimum Gasteiger partial charge on any atom is -0.399 e.